The summed E-state index contributed by atoms with van der Waals surface area (Å²) in [7, 11) is 0. The lowest BCUT2D eigenvalue weighted by molar-refractivity contribution is -0.132. The van der Waals surface area contributed by atoms with Crippen LogP contribution in [0.15, 0.2) is 54.6 Å². The average Bonchev–Trinajstić information content (AvgIpc) is 3.41. The van der Waals surface area contributed by atoms with Gasteiger partial charge in [-0.05, 0) is 36.8 Å². The summed E-state index contributed by atoms with van der Waals surface area (Å²) in [6.07, 6.45) is 2.96. The molecule has 0 radical (unpaired) electrons. The first-order chi connectivity index (χ1) is 12.2. The zero-order chi connectivity index (χ0) is 17.2. The Balaban J connectivity index is 1.55. The Morgan fingerprint density at radius 1 is 1.00 bits per heavy atom. The molecule has 2 fully saturated rings. The Bertz CT molecular complexity index is 783. The Labute approximate surface area is 147 Å². The van der Waals surface area contributed by atoms with E-state index in [1.54, 1.807) is 4.90 Å². The van der Waals surface area contributed by atoms with Crippen LogP contribution in [0.2, 0.25) is 0 Å². The molecule has 2 aromatic rings. The van der Waals surface area contributed by atoms with Gasteiger partial charge in [-0.25, -0.2) is 0 Å². The van der Waals surface area contributed by atoms with Crippen LogP contribution in [0, 0.1) is 11.8 Å². The topological polar surface area (TPSA) is 49.4 Å². The fourth-order valence-corrected chi connectivity index (χ4v) is 3.42. The van der Waals surface area contributed by atoms with Crippen LogP contribution in [0.4, 0.5) is 5.69 Å². The molecule has 1 unspecified atom stereocenters. The molecule has 2 aliphatic rings. The molecule has 4 rings (SSSR count). The Morgan fingerprint density at radius 3 is 2.48 bits per heavy atom. The number of nitrogens with one attached hydrogen (secondary N) is 1. The molecule has 1 saturated carbocycles. The van der Waals surface area contributed by atoms with E-state index < -0.39 is 5.92 Å². The molecular formula is C21H22N2O2. The van der Waals surface area contributed by atoms with Gasteiger partial charge >= 0.3 is 0 Å². The maximum absolute atomic E-state index is 12.9. The molecule has 1 N–H and O–H groups in total. The highest BCUT2D eigenvalue weighted by atomic mass is 16.2. The summed E-state index contributed by atoms with van der Waals surface area (Å²) in [4.78, 5) is 27.0. The molecular weight excluding hydrogens is 312 g/mol. The average molecular weight is 334 g/mol. The van der Waals surface area contributed by atoms with Gasteiger partial charge in [-0.15, -0.1) is 0 Å². The van der Waals surface area contributed by atoms with Crippen molar-refractivity contribution >= 4 is 17.5 Å². The summed E-state index contributed by atoms with van der Waals surface area (Å²) < 4.78 is 0. The number of nitrogens with zero attached hydrogens (tertiary/aromatic N) is 1. The molecule has 25 heavy (non-hydrogen) atoms. The summed E-state index contributed by atoms with van der Waals surface area (Å²) in [6, 6.07) is 18.0. The van der Waals surface area contributed by atoms with Crippen molar-refractivity contribution in [3.05, 3.63) is 54.6 Å². The summed E-state index contributed by atoms with van der Waals surface area (Å²) in [5, 5.41) is 2.95. The number of carbonyl (C=O) groups excluding carboxylic acids is 2. The molecule has 0 aromatic heterocycles. The smallest absolute Gasteiger partial charge is 0.239 e. The molecule has 0 spiro atoms. The molecule has 1 aliphatic heterocycles. The molecule has 1 saturated heterocycles. The minimum absolute atomic E-state index is 0.0864. The van der Waals surface area contributed by atoms with E-state index in [0.717, 1.165) is 16.8 Å². The molecule has 1 heterocycles. The number of hydrogen-bond donors (Lipinski definition) is 1. The molecule has 1 aliphatic carbocycles. The first-order valence-electron chi connectivity index (χ1n) is 8.97. The summed E-state index contributed by atoms with van der Waals surface area (Å²) in [5.74, 6) is -0.133. The van der Waals surface area contributed by atoms with Gasteiger partial charge in [-0.3, -0.25) is 9.59 Å². The van der Waals surface area contributed by atoms with Crippen LogP contribution in [0.1, 0.15) is 19.3 Å². The molecule has 128 valence electrons. The van der Waals surface area contributed by atoms with Crippen molar-refractivity contribution in [1.82, 2.24) is 5.32 Å². The van der Waals surface area contributed by atoms with Crippen molar-refractivity contribution in [2.24, 2.45) is 11.8 Å². The molecule has 2 amide bonds. The number of amides is 2. The van der Waals surface area contributed by atoms with Gasteiger partial charge in [0.25, 0.3) is 0 Å². The number of carbonyl (C=O) groups is 2. The Hall–Kier alpha value is -2.62. The highest BCUT2D eigenvalue weighted by Crippen LogP contribution is 2.34. The van der Waals surface area contributed by atoms with Crippen molar-refractivity contribution in [2.45, 2.75) is 19.3 Å². The fourth-order valence-electron chi connectivity index (χ4n) is 3.42. The van der Waals surface area contributed by atoms with Gasteiger partial charge in [-0.1, -0.05) is 48.5 Å². The van der Waals surface area contributed by atoms with Crippen LogP contribution < -0.4 is 10.2 Å². The van der Waals surface area contributed by atoms with Gasteiger partial charge in [0, 0.05) is 18.7 Å². The van der Waals surface area contributed by atoms with Crippen LogP contribution in [-0.4, -0.2) is 24.9 Å². The lowest BCUT2D eigenvalue weighted by atomic mass is 10.0. The normalized spacial score (nSPS) is 19.9. The molecule has 4 nitrogen and oxygen atoms in total. The lowest BCUT2D eigenvalue weighted by Crippen LogP contribution is -2.37. The third kappa shape index (κ3) is 3.29. The van der Waals surface area contributed by atoms with Crippen molar-refractivity contribution in [3.63, 3.8) is 0 Å². The first kappa shape index (κ1) is 15.9. The zero-order valence-electron chi connectivity index (χ0n) is 14.2. The maximum atomic E-state index is 12.9. The zero-order valence-corrected chi connectivity index (χ0v) is 14.2. The lowest BCUT2D eigenvalue weighted by Gasteiger charge is -2.20. The van der Waals surface area contributed by atoms with Gasteiger partial charge < -0.3 is 10.2 Å². The van der Waals surface area contributed by atoms with Gasteiger partial charge in [-0.2, -0.15) is 0 Å². The minimum atomic E-state index is -0.553. The van der Waals surface area contributed by atoms with E-state index in [2.05, 4.69) is 5.32 Å². The highest BCUT2D eigenvalue weighted by molar-refractivity contribution is 6.11. The highest BCUT2D eigenvalue weighted by Gasteiger charge is 2.38. The third-order valence-corrected chi connectivity index (χ3v) is 5.06. The number of benzene rings is 2. The predicted octanol–water partition coefficient (Wildman–Crippen LogP) is 3.23. The largest absolute Gasteiger partial charge is 0.355 e. The van der Waals surface area contributed by atoms with Gasteiger partial charge in [0.1, 0.15) is 5.92 Å². The second kappa shape index (κ2) is 6.71. The van der Waals surface area contributed by atoms with E-state index in [-0.39, 0.29) is 11.8 Å². The number of hydrogen-bond acceptors (Lipinski definition) is 2. The summed E-state index contributed by atoms with van der Waals surface area (Å²) in [5.41, 5.74) is 2.99. The quantitative estimate of drug-likeness (QED) is 0.854. The van der Waals surface area contributed by atoms with E-state index in [9.17, 15) is 9.59 Å². The molecule has 0 bridgehead atoms. The van der Waals surface area contributed by atoms with E-state index in [0.29, 0.717) is 25.4 Å². The van der Waals surface area contributed by atoms with E-state index in [1.807, 2.05) is 54.6 Å². The second-order valence-corrected chi connectivity index (χ2v) is 6.90. The maximum Gasteiger partial charge on any atom is 0.239 e. The van der Waals surface area contributed by atoms with E-state index >= 15 is 0 Å². The molecule has 4 heteroatoms. The van der Waals surface area contributed by atoms with Gasteiger partial charge in [0.2, 0.25) is 11.8 Å². The second-order valence-electron chi connectivity index (χ2n) is 6.90. The van der Waals surface area contributed by atoms with E-state index in [1.165, 1.54) is 12.8 Å². The van der Waals surface area contributed by atoms with Gasteiger partial charge in [0.05, 0.1) is 5.69 Å². The number of rotatable bonds is 5. The number of anilines is 1. The third-order valence-electron chi connectivity index (χ3n) is 5.06. The predicted molar refractivity (Wildman–Crippen MR) is 98.1 cm³/mol. The minimum Gasteiger partial charge on any atom is -0.355 e. The standard InChI is InChI=1S/C21H22N2O2/c24-20(22-14-15-10-11-15)18-12-13-23(21(18)25)19-9-5-4-8-17(19)16-6-2-1-3-7-16/h1-9,15,18H,10-14H2,(H,22,24). The van der Waals surface area contributed by atoms with Crippen LogP contribution in [-0.2, 0) is 9.59 Å². The SMILES string of the molecule is O=C(NCC1CC1)C1CCN(c2ccccc2-c2ccccc2)C1=O. The van der Waals surface area contributed by atoms with Crippen LogP contribution in [0.25, 0.3) is 11.1 Å². The van der Waals surface area contributed by atoms with Crippen LogP contribution in [0.5, 0.6) is 0 Å². The summed E-state index contributed by atoms with van der Waals surface area (Å²) in [6.45, 7) is 1.30. The van der Waals surface area contributed by atoms with E-state index in [4.69, 9.17) is 0 Å². The van der Waals surface area contributed by atoms with Gasteiger partial charge in [0.15, 0.2) is 0 Å². The van der Waals surface area contributed by atoms with Crippen molar-refractivity contribution < 1.29 is 9.59 Å². The molecule has 2 aromatic carbocycles. The summed E-state index contributed by atoms with van der Waals surface area (Å²) >= 11 is 0. The first-order valence-corrected chi connectivity index (χ1v) is 8.97. The van der Waals surface area contributed by atoms with Crippen molar-refractivity contribution in [1.29, 1.82) is 0 Å². The Kier molecular flexibility index (Phi) is 4.26. The fraction of sp³-hybridized carbons (Fsp3) is 0.333. The van der Waals surface area contributed by atoms with Crippen molar-refractivity contribution in [3.8, 4) is 11.1 Å². The Morgan fingerprint density at radius 2 is 1.72 bits per heavy atom. The molecule has 1 atom stereocenters. The van der Waals surface area contributed by atoms with Crippen molar-refractivity contribution in [2.75, 3.05) is 18.0 Å². The number of para-hydroxylation sites is 1. The monoisotopic (exact) mass is 334 g/mol. The van der Waals surface area contributed by atoms with Crippen LogP contribution >= 0.6 is 0 Å². The van der Waals surface area contributed by atoms with Crippen LogP contribution in [0.3, 0.4) is 0 Å².